The fourth-order valence-electron chi connectivity index (χ4n) is 2.63. The lowest BCUT2D eigenvalue weighted by Crippen LogP contribution is -2.24. The van der Waals surface area contributed by atoms with E-state index in [1.54, 1.807) is 6.07 Å². The number of aromatic nitrogens is 2. The van der Waals surface area contributed by atoms with Gasteiger partial charge in [0.25, 0.3) is 5.91 Å². The van der Waals surface area contributed by atoms with E-state index in [1.807, 2.05) is 38.1 Å². The van der Waals surface area contributed by atoms with Gasteiger partial charge in [-0.15, -0.1) is 0 Å². The second-order valence-corrected chi connectivity index (χ2v) is 6.73. The Morgan fingerprint density at radius 1 is 0.815 bits per heavy atom. The summed E-state index contributed by atoms with van der Waals surface area (Å²) < 4.78 is 0. The monoisotopic (exact) mass is 360 g/mol. The zero-order valence-electron chi connectivity index (χ0n) is 15.9. The minimum atomic E-state index is -0.209. The van der Waals surface area contributed by atoms with Gasteiger partial charge in [0.1, 0.15) is 5.69 Å². The van der Waals surface area contributed by atoms with Crippen LogP contribution in [0.4, 0.5) is 5.95 Å². The standard InChI is InChI=1S/C22H24N4O/c1-15-4-8-18(9-5-15)13-23-21(27)20-12-17(3)25-22(26-20)24-14-19-10-6-16(2)7-11-19/h4-12H,13-14H2,1-3H3,(H,23,27)(H,24,25,26). The lowest BCUT2D eigenvalue weighted by atomic mass is 10.1. The molecule has 0 aliphatic heterocycles. The van der Waals surface area contributed by atoms with Crippen molar-refractivity contribution >= 4 is 11.9 Å². The number of amides is 1. The topological polar surface area (TPSA) is 66.9 Å². The Bertz CT molecular complexity index is 918. The van der Waals surface area contributed by atoms with E-state index in [0.717, 1.165) is 16.8 Å². The summed E-state index contributed by atoms with van der Waals surface area (Å²) in [6, 6.07) is 18.0. The summed E-state index contributed by atoms with van der Waals surface area (Å²) in [5.41, 5.74) is 5.71. The molecule has 0 spiro atoms. The van der Waals surface area contributed by atoms with Crippen LogP contribution in [0.5, 0.6) is 0 Å². The number of aryl methyl sites for hydroxylation is 3. The van der Waals surface area contributed by atoms with Crippen LogP contribution in [0.1, 0.15) is 38.4 Å². The molecule has 1 aromatic heterocycles. The fraction of sp³-hybridized carbons (Fsp3) is 0.227. The molecule has 138 valence electrons. The van der Waals surface area contributed by atoms with Crippen molar-refractivity contribution in [2.75, 3.05) is 5.32 Å². The molecule has 0 aliphatic rings. The van der Waals surface area contributed by atoms with Gasteiger partial charge in [0.05, 0.1) is 0 Å². The molecule has 5 heteroatoms. The number of hydrogen-bond acceptors (Lipinski definition) is 4. The Morgan fingerprint density at radius 3 is 1.96 bits per heavy atom. The molecule has 0 fully saturated rings. The van der Waals surface area contributed by atoms with Gasteiger partial charge in [-0.05, 0) is 38.0 Å². The van der Waals surface area contributed by atoms with Crippen LogP contribution in [-0.4, -0.2) is 15.9 Å². The van der Waals surface area contributed by atoms with E-state index in [4.69, 9.17) is 0 Å². The first kappa shape index (κ1) is 18.6. The van der Waals surface area contributed by atoms with Crippen molar-refractivity contribution in [1.29, 1.82) is 0 Å². The van der Waals surface area contributed by atoms with Gasteiger partial charge >= 0.3 is 0 Å². The van der Waals surface area contributed by atoms with Crippen molar-refractivity contribution in [2.45, 2.75) is 33.9 Å². The number of rotatable bonds is 6. The molecule has 5 nitrogen and oxygen atoms in total. The van der Waals surface area contributed by atoms with Gasteiger partial charge in [-0.2, -0.15) is 0 Å². The molecule has 1 amide bonds. The highest BCUT2D eigenvalue weighted by Gasteiger charge is 2.10. The average molecular weight is 360 g/mol. The third-order valence-corrected chi connectivity index (χ3v) is 4.23. The van der Waals surface area contributed by atoms with Crippen molar-refractivity contribution < 1.29 is 4.79 Å². The van der Waals surface area contributed by atoms with E-state index in [2.05, 4.69) is 51.8 Å². The zero-order chi connectivity index (χ0) is 19.2. The van der Waals surface area contributed by atoms with Crippen LogP contribution in [0.2, 0.25) is 0 Å². The summed E-state index contributed by atoms with van der Waals surface area (Å²) in [5, 5.41) is 6.11. The van der Waals surface area contributed by atoms with Crippen LogP contribution in [0.3, 0.4) is 0 Å². The van der Waals surface area contributed by atoms with Gasteiger partial charge < -0.3 is 10.6 Å². The molecular formula is C22H24N4O. The van der Waals surface area contributed by atoms with Crippen LogP contribution in [-0.2, 0) is 13.1 Å². The van der Waals surface area contributed by atoms with E-state index in [-0.39, 0.29) is 5.91 Å². The van der Waals surface area contributed by atoms with E-state index in [1.165, 1.54) is 11.1 Å². The molecule has 0 radical (unpaired) electrons. The SMILES string of the molecule is Cc1ccc(CNC(=O)c2cc(C)nc(NCc3ccc(C)cc3)n2)cc1. The minimum absolute atomic E-state index is 0.209. The maximum atomic E-state index is 12.5. The molecule has 3 rings (SSSR count). The number of anilines is 1. The number of carbonyl (C=O) groups is 1. The number of nitrogens with one attached hydrogen (secondary N) is 2. The fourth-order valence-corrected chi connectivity index (χ4v) is 2.63. The van der Waals surface area contributed by atoms with Crippen molar-refractivity contribution in [3.05, 3.63) is 88.2 Å². The number of hydrogen-bond donors (Lipinski definition) is 2. The molecule has 0 saturated heterocycles. The van der Waals surface area contributed by atoms with Gasteiger partial charge in [-0.25, -0.2) is 9.97 Å². The predicted molar refractivity (Wildman–Crippen MR) is 108 cm³/mol. The highest BCUT2D eigenvalue weighted by atomic mass is 16.1. The predicted octanol–water partition coefficient (Wildman–Crippen LogP) is 3.94. The maximum absolute atomic E-state index is 12.5. The molecule has 2 aromatic carbocycles. The lowest BCUT2D eigenvalue weighted by Gasteiger charge is -2.09. The molecular weight excluding hydrogens is 336 g/mol. The van der Waals surface area contributed by atoms with Crippen molar-refractivity contribution in [3.63, 3.8) is 0 Å². The summed E-state index contributed by atoms with van der Waals surface area (Å²) in [6.45, 7) is 7.03. The zero-order valence-corrected chi connectivity index (χ0v) is 15.9. The third kappa shape index (κ3) is 5.38. The van der Waals surface area contributed by atoms with E-state index >= 15 is 0 Å². The number of benzene rings is 2. The molecule has 27 heavy (non-hydrogen) atoms. The highest BCUT2D eigenvalue weighted by Crippen LogP contribution is 2.09. The van der Waals surface area contributed by atoms with Gasteiger partial charge in [0.15, 0.2) is 0 Å². The summed E-state index contributed by atoms with van der Waals surface area (Å²) in [4.78, 5) is 21.2. The highest BCUT2D eigenvalue weighted by molar-refractivity contribution is 5.92. The Kier molecular flexibility index (Phi) is 5.81. The minimum Gasteiger partial charge on any atom is -0.350 e. The van der Waals surface area contributed by atoms with Crippen molar-refractivity contribution in [2.24, 2.45) is 0 Å². The average Bonchev–Trinajstić information content (AvgIpc) is 2.66. The molecule has 3 aromatic rings. The third-order valence-electron chi connectivity index (χ3n) is 4.23. The molecule has 0 atom stereocenters. The largest absolute Gasteiger partial charge is 0.350 e. The quantitative estimate of drug-likeness (QED) is 0.699. The second-order valence-electron chi connectivity index (χ2n) is 6.73. The smallest absolute Gasteiger partial charge is 0.270 e. The normalized spacial score (nSPS) is 10.5. The Morgan fingerprint density at radius 2 is 1.37 bits per heavy atom. The molecule has 0 bridgehead atoms. The Hall–Kier alpha value is -3.21. The first-order valence-electron chi connectivity index (χ1n) is 8.98. The summed E-state index contributed by atoms with van der Waals surface area (Å²) in [7, 11) is 0. The van der Waals surface area contributed by atoms with Gasteiger partial charge in [-0.1, -0.05) is 59.7 Å². The summed E-state index contributed by atoms with van der Waals surface area (Å²) in [5.74, 6) is 0.246. The Balaban J connectivity index is 1.63. The van der Waals surface area contributed by atoms with Crippen LogP contribution in [0, 0.1) is 20.8 Å². The molecule has 0 unspecified atom stereocenters. The Labute approximate surface area is 159 Å². The molecule has 2 N–H and O–H groups in total. The molecule has 0 saturated carbocycles. The van der Waals surface area contributed by atoms with Crippen molar-refractivity contribution in [3.8, 4) is 0 Å². The van der Waals surface area contributed by atoms with Crippen LogP contribution >= 0.6 is 0 Å². The van der Waals surface area contributed by atoms with Gasteiger partial charge in [0.2, 0.25) is 5.95 Å². The molecule has 1 heterocycles. The van der Waals surface area contributed by atoms with Crippen LogP contribution in [0.25, 0.3) is 0 Å². The summed E-state index contributed by atoms with van der Waals surface area (Å²) >= 11 is 0. The van der Waals surface area contributed by atoms with Crippen LogP contribution in [0.15, 0.2) is 54.6 Å². The molecule has 0 aliphatic carbocycles. The summed E-state index contributed by atoms with van der Waals surface area (Å²) in [6.07, 6.45) is 0. The van der Waals surface area contributed by atoms with Crippen LogP contribution < -0.4 is 10.6 Å². The van der Waals surface area contributed by atoms with E-state index in [0.29, 0.717) is 24.7 Å². The van der Waals surface area contributed by atoms with E-state index < -0.39 is 0 Å². The van der Waals surface area contributed by atoms with Crippen molar-refractivity contribution in [1.82, 2.24) is 15.3 Å². The first-order valence-corrected chi connectivity index (χ1v) is 8.98. The van der Waals surface area contributed by atoms with Gasteiger partial charge in [0, 0.05) is 18.8 Å². The second kappa shape index (κ2) is 8.45. The maximum Gasteiger partial charge on any atom is 0.270 e. The van der Waals surface area contributed by atoms with Gasteiger partial charge in [-0.3, -0.25) is 4.79 Å². The van der Waals surface area contributed by atoms with E-state index in [9.17, 15) is 4.79 Å². The number of carbonyl (C=O) groups excluding carboxylic acids is 1. The lowest BCUT2D eigenvalue weighted by molar-refractivity contribution is 0.0945. The first-order chi connectivity index (χ1) is 13.0. The number of nitrogens with zero attached hydrogens (tertiary/aromatic N) is 2.